The number of hydrogen-bond acceptors (Lipinski definition) is 2. The molecule has 0 saturated carbocycles. The lowest BCUT2D eigenvalue weighted by molar-refractivity contribution is -0.136. The quantitative estimate of drug-likeness (QED) is 0.423. The second-order valence-corrected chi connectivity index (χ2v) is 3.95. The van der Waals surface area contributed by atoms with Crippen molar-refractivity contribution in [2.24, 2.45) is 5.92 Å². The first-order chi connectivity index (χ1) is 7.24. The van der Waals surface area contributed by atoms with E-state index in [1.807, 2.05) is 0 Å². The summed E-state index contributed by atoms with van der Waals surface area (Å²) >= 11 is 0. The van der Waals surface area contributed by atoms with Gasteiger partial charge in [0.1, 0.15) is 0 Å². The Kier molecular flexibility index (Phi) is 4.89. The van der Waals surface area contributed by atoms with E-state index in [-0.39, 0.29) is 17.7 Å². The molecule has 1 atom stereocenters. The summed E-state index contributed by atoms with van der Waals surface area (Å²) in [6.07, 6.45) is 11.2. The number of nitrogens with one attached hydrogen (secondary N) is 1. The molecule has 0 aromatic rings. The van der Waals surface area contributed by atoms with Crippen molar-refractivity contribution in [3.63, 3.8) is 0 Å². The van der Waals surface area contributed by atoms with Gasteiger partial charge in [0.15, 0.2) is 0 Å². The van der Waals surface area contributed by atoms with Crippen LogP contribution in [0.4, 0.5) is 0 Å². The maximum atomic E-state index is 11.4. The summed E-state index contributed by atoms with van der Waals surface area (Å²) < 4.78 is 0. The SMILES string of the molecule is C#CCCCCC[C@@H]1CCC(=O)NC1=O. The highest BCUT2D eigenvalue weighted by Gasteiger charge is 2.25. The molecule has 1 fully saturated rings. The third-order valence-corrected chi connectivity index (χ3v) is 2.73. The van der Waals surface area contributed by atoms with Crippen LogP contribution in [0.1, 0.15) is 44.9 Å². The number of carbonyl (C=O) groups excluding carboxylic acids is 2. The lowest BCUT2D eigenvalue weighted by Crippen LogP contribution is -2.40. The topological polar surface area (TPSA) is 46.2 Å². The molecule has 1 rings (SSSR count). The van der Waals surface area contributed by atoms with Gasteiger partial charge in [-0.3, -0.25) is 14.9 Å². The molecule has 0 aliphatic carbocycles. The zero-order chi connectivity index (χ0) is 11.1. The molecule has 1 aliphatic rings. The first kappa shape index (κ1) is 11.8. The molecule has 0 spiro atoms. The molecular formula is C12H17NO2. The van der Waals surface area contributed by atoms with Crippen LogP contribution in [0.15, 0.2) is 0 Å². The largest absolute Gasteiger partial charge is 0.296 e. The summed E-state index contributed by atoms with van der Waals surface area (Å²) in [5, 5.41) is 2.37. The van der Waals surface area contributed by atoms with Gasteiger partial charge in [-0.1, -0.05) is 12.8 Å². The average Bonchev–Trinajstić information content (AvgIpc) is 2.20. The van der Waals surface area contributed by atoms with Gasteiger partial charge in [-0.15, -0.1) is 12.3 Å². The van der Waals surface area contributed by atoms with Crippen molar-refractivity contribution in [1.29, 1.82) is 0 Å². The van der Waals surface area contributed by atoms with Crippen molar-refractivity contribution in [3.05, 3.63) is 0 Å². The van der Waals surface area contributed by atoms with E-state index < -0.39 is 0 Å². The fourth-order valence-corrected chi connectivity index (χ4v) is 1.81. The van der Waals surface area contributed by atoms with Gasteiger partial charge in [0, 0.05) is 18.8 Å². The Morgan fingerprint density at radius 2 is 2.13 bits per heavy atom. The summed E-state index contributed by atoms with van der Waals surface area (Å²) in [6, 6.07) is 0. The molecule has 15 heavy (non-hydrogen) atoms. The molecule has 1 heterocycles. The van der Waals surface area contributed by atoms with E-state index in [9.17, 15) is 9.59 Å². The van der Waals surface area contributed by atoms with Gasteiger partial charge in [-0.25, -0.2) is 0 Å². The number of imide groups is 1. The number of rotatable bonds is 5. The van der Waals surface area contributed by atoms with Crippen LogP contribution in [0.5, 0.6) is 0 Å². The number of unbranched alkanes of at least 4 members (excludes halogenated alkanes) is 3. The average molecular weight is 207 g/mol. The molecule has 3 nitrogen and oxygen atoms in total. The fourth-order valence-electron chi connectivity index (χ4n) is 1.81. The molecule has 3 heteroatoms. The lowest BCUT2D eigenvalue weighted by atomic mass is 9.92. The Labute approximate surface area is 90.6 Å². The van der Waals surface area contributed by atoms with E-state index in [4.69, 9.17) is 6.42 Å². The zero-order valence-electron chi connectivity index (χ0n) is 8.92. The van der Waals surface area contributed by atoms with Crippen LogP contribution in [0.2, 0.25) is 0 Å². The van der Waals surface area contributed by atoms with Crippen molar-refractivity contribution in [1.82, 2.24) is 5.32 Å². The first-order valence-electron chi connectivity index (χ1n) is 5.51. The summed E-state index contributed by atoms with van der Waals surface area (Å²) in [5.74, 6) is 2.40. The third-order valence-electron chi connectivity index (χ3n) is 2.73. The van der Waals surface area contributed by atoms with Crippen LogP contribution in [0.3, 0.4) is 0 Å². The van der Waals surface area contributed by atoms with Gasteiger partial charge < -0.3 is 0 Å². The van der Waals surface area contributed by atoms with Crippen LogP contribution in [0, 0.1) is 18.3 Å². The molecule has 0 bridgehead atoms. The van der Waals surface area contributed by atoms with E-state index in [1.165, 1.54) is 0 Å². The van der Waals surface area contributed by atoms with Gasteiger partial charge in [0.05, 0.1) is 0 Å². The molecular weight excluding hydrogens is 190 g/mol. The molecule has 0 radical (unpaired) electrons. The van der Waals surface area contributed by atoms with Gasteiger partial charge >= 0.3 is 0 Å². The molecule has 1 N–H and O–H groups in total. The highest BCUT2D eigenvalue weighted by atomic mass is 16.2. The molecule has 1 saturated heterocycles. The van der Waals surface area contributed by atoms with E-state index in [0.717, 1.165) is 32.1 Å². The Morgan fingerprint density at radius 1 is 1.33 bits per heavy atom. The third kappa shape index (κ3) is 4.16. The number of hydrogen-bond donors (Lipinski definition) is 1. The molecule has 0 unspecified atom stereocenters. The predicted molar refractivity (Wildman–Crippen MR) is 57.8 cm³/mol. The molecule has 1 aliphatic heterocycles. The van der Waals surface area contributed by atoms with Crippen molar-refractivity contribution >= 4 is 11.8 Å². The van der Waals surface area contributed by atoms with E-state index in [0.29, 0.717) is 12.8 Å². The monoisotopic (exact) mass is 207 g/mol. The van der Waals surface area contributed by atoms with Crippen molar-refractivity contribution in [2.45, 2.75) is 44.9 Å². The minimum atomic E-state index is -0.136. The maximum absolute atomic E-state index is 11.4. The predicted octanol–water partition coefficient (Wildman–Crippen LogP) is 1.62. The minimum Gasteiger partial charge on any atom is -0.296 e. The van der Waals surface area contributed by atoms with E-state index in [1.54, 1.807) is 0 Å². The number of amides is 2. The lowest BCUT2D eigenvalue weighted by Gasteiger charge is -2.20. The number of terminal acetylenes is 1. The molecule has 2 amide bonds. The van der Waals surface area contributed by atoms with Gasteiger partial charge in [-0.2, -0.15) is 0 Å². The Morgan fingerprint density at radius 3 is 2.80 bits per heavy atom. The highest BCUT2D eigenvalue weighted by molar-refractivity contribution is 5.98. The summed E-state index contributed by atoms with van der Waals surface area (Å²) in [6.45, 7) is 0. The van der Waals surface area contributed by atoms with Crippen LogP contribution >= 0.6 is 0 Å². The summed E-state index contributed by atoms with van der Waals surface area (Å²) in [4.78, 5) is 22.2. The normalized spacial score (nSPS) is 20.9. The molecule has 82 valence electrons. The fraction of sp³-hybridized carbons (Fsp3) is 0.667. The standard InChI is InChI=1S/C12H17NO2/c1-2-3-4-5-6-7-10-8-9-11(14)13-12(10)15/h1,10H,3-9H2,(H,13,14,15)/t10-/m1/s1. The minimum absolute atomic E-state index is 0.0357. The number of carbonyl (C=O) groups is 2. The van der Waals surface area contributed by atoms with Crippen LogP contribution in [-0.2, 0) is 9.59 Å². The second-order valence-electron chi connectivity index (χ2n) is 3.95. The molecule has 0 aromatic carbocycles. The van der Waals surface area contributed by atoms with E-state index >= 15 is 0 Å². The van der Waals surface area contributed by atoms with Crippen LogP contribution in [-0.4, -0.2) is 11.8 Å². The van der Waals surface area contributed by atoms with Crippen molar-refractivity contribution in [3.8, 4) is 12.3 Å². The highest BCUT2D eigenvalue weighted by Crippen LogP contribution is 2.19. The van der Waals surface area contributed by atoms with E-state index in [2.05, 4.69) is 11.2 Å². The zero-order valence-corrected chi connectivity index (χ0v) is 8.92. The Hall–Kier alpha value is -1.30. The van der Waals surface area contributed by atoms with Gasteiger partial charge in [0.2, 0.25) is 11.8 Å². The van der Waals surface area contributed by atoms with Crippen LogP contribution in [0.25, 0.3) is 0 Å². The maximum Gasteiger partial charge on any atom is 0.229 e. The summed E-state index contributed by atoms with van der Waals surface area (Å²) in [7, 11) is 0. The summed E-state index contributed by atoms with van der Waals surface area (Å²) in [5.41, 5.74) is 0. The number of piperidine rings is 1. The second kappa shape index (κ2) is 6.23. The van der Waals surface area contributed by atoms with Crippen LogP contribution < -0.4 is 5.32 Å². The van der Waals surface area contributed by atoms with Crippen molar-refractivity contribution in [2.75, 3.05) is 0 Å². The molecule has 0 aromatic heterocycles. The first-order valence-corrected chi connectivity index (χ1v) is 5.51. The Bertz CT molecular complexity index is 278. The van der Waals surface area contributed by atoms with Gasteiger partial charge in [-0.05, 0) is 19.3 Å². The Balaban J connectivity index is 2.13. The smallest absolute Gasteiger partial charge is 0.229 e. The van der Waals surface area contributed by atoms with Crippen molar-refractivity contribution < 1.29 is 9.59 Å². The van der Waals surface area contributed by atoms with Gasteiger partial charge in [0.25, 0.3) is 0 Å².